The molecule has 0 bridgehead atoms. The monoisotopic (exact) mass is 264 g/mol. The average molecular weight is 265 g/mol. The van der Waals surface area contributed by atoms with Crippen LogP contribution in [0.1, 0.15) is 11.1 Å². The van der Waals surface area contributed by atoms with Crippen LogP contribution >= 0.6 is 11.6 Å². The maximum Gasteiger partial charge on any atom is 0.324 e. The smallest absolute Gasteiger partial charge is 0.307 e. The summed E-state index contributed by atoms with van der Waals surface area (Å²) >= 11 is 6.00. The molecule has 0 fully saturated rings. The number of amides is 2. The van der Waals surface area contributed by atoms with Gasteiger partial charge in [0.2, 0.25) is 0 Å². The number of anilines is 2. The van der Waals surface area contributed by atoms with Gasteiger partial charge in [-0.1, -0.05) is 11.6 Å². The van der Waals surface area contributed by atoms with Crippen molar-refractivity contribution >= 4 is 29.1 Å². The van der Waals surface area contributed by atoms with Crippen LogP contribution in [0.3, 0.4) is 0 Å². The quantitative estimate of drug-likeness (QED) is 0.779. The maximum atomic E-state index is 11.7. The number of hydrogen-bond acceptors (Lipinski definition) is 2. The number of benzene rings is 1. The van der Waals surface area contributed by atoms with Crippen molar-refractivity contribution in [3.8, 4) is 0 Å². The van der Waals surface area contributed by atoms with Gasteiger partial charge in [-0.15, -0.1) is 0 Å². The zero-order valence-electron chi connectivity index (χ0n) is 10.0. The van der Waals surface area contributed by atoms with Crippen molar-refractivity contribution in [3.05, 3.63) is 40.5 Å². The summed E-state index contributed by atoms with van der Waals surface area (Å²) in [5, 5.41) is 12.5. The van der Waals surface area contributed by atoms with E-state index in [0.717, 1.165) is 16.8 Å². The third-order valence-corrected chi connectivity index (χ3v) is 2.91. The number of carbonyl (C=O) groups excluding carboxylic acids is 1. The lowest BCUT2D eigenvalue weighted by Crippen LogP contribution is -2.20. The summed E-state index contributed by atoms with van der Waals surface area (Å²) in [5.41, 5.74) is 2.55. The van der Waals surface area contributed by atoms with Gasteiger partial charge in [0.05, 0.1) is 6.20 Å². The molecule has 0 aliphatic heterocycles. The van der Waals surface area contributed by atoms with Crippen LogP contribution in [-0.4, -0.2) is 16.2 Å². The van der Waals surface area contributed by atoms with E-state index in [0.29, 0.717) is 10.8 Å². The van der Waals surface area contributed by atoms with E-state index >= 15 is 0 Å². The fourth-order valence-electron chi connectivity index (χ4n) is 1.52. The lowest BCUT2D eigenvalue weighted by atomic mass is 10.1. The van der Waals surface area contributed by atoms with Gasteiger partial charge in [0.25, 0.3) is 0 Å². The molecule has 0 saturated heterocycles. The van der Waals surface area contributed by atoms with Gasteiger partial charge in [0.15, 0.2) is 0 Å². The third-order valence-electron chi connectivity index (χ3n) is 2.50. The second-order valence-corrected chi connectivity index (χ2v) is 4.37. The first-order chi connectivity index (χ1) is 8.56. The molecule has 18 heavy (non-hydrogen) atoms. The second-order valence-electron chi connectivity index (χ2n) is 3.97. The van der Waals surface area contributed by atoms with Crippen molar-refractivity contribution in [2.75, 3.05) is 10.6 Å². The van der Waals surface area contributed by atoms with Crippen molar-refractivity contribution in [3.63, 3.8) is 0 Å². The number of nitrogens with one attached hydrogen (secondary N) is 3. The molecule has 0 radical (unpaired) electrons. The highest BCUT2D eigenvalue weighted by molar-refractivity contribution is 6.31. The summed E-state index contributed by atoms with van der Waals surface area (Å²) in [6.45, 7) is 3.77. The first-order valence-corrected chi connectivity index (χ1v) is 5.78. The number of hydrogen-bond donors (Lipinski definition) is 3. The van der Waals surface area contributed by atoms with Crippen molar-refractivity contribution < 1.29 is 4.79 Å². The number of halogens is 1. The number of nitrogens with zero attached hydrogens (tertiary/aromatic N) is 1. The Kier molecular flexibility index (Phi) is 3.53. The van der Waals surface area contributed by atoms with Gasteiger partial charge in [0.1, 0.15) is 5.82 Å². The molecule has 2 aromatic rings. The molecule has 1 heterocycles. The highest BCUT2D eigenvalue weighted by Gasteiger charge is 2.07. The third kappa shape index (κ3) is 2.81. The van der Waals surface area contributed by atoms with Crippen LogP contribution in [0.4, 0.5) is 16.3 Å². The molecule has 0 atom stereocenters. The molecule has 1 aromatic heterocycles. The average Bonchev–Trinajstić information content (AvgIpc) is 2.78. The molecule has 5 nitrogen and oxygen atoms in total. The fourth-order valence-corrected chi connectivity index (χ4v) is 1.74. The largest absolute Gasteiger partial charge is 0.324 e. The van der Waals surface area contributed by atoms with E-state index in [1.54, 1.807) is 12.3 Å². The summed E-state index contributed by atoms with van der Waals surface area (Å²) in [5.74, 6) is 0.538. The Hall–Kier alpha value is -2.01. The number of aromatic nitrogens is 2. The number of H-pyrrole nitrogens is 1. The number of urea groups is 1. The summed E-state index contributed by atoms with van der Waals surface area (Å²) in [4.78, 5) is 11.7. The number of aromatic amines is 1. The Labute approximate surface area is 110 Å². The standard InChI is InChI=1S/C12H13ClN4O/c1-7-6-10(8(2)5-9(7)13)15-12(18)16-11-3-4-14-17-11/h3-6H,1-2H3,(H3,14,15,16,17,18). The predicted molar refractivity (Wildman–Crippen MR) is 72.2 cm³/mol. The van der Waals surface area contributed by atoms with Gasteiger partial charge in [-0.2, -0.15) is 5.10 Å². The summed E-state index contributed by atoms with van der Waals surface area (Å²) in [6.07, 6.45) is 1.56. The molecule has 0 aliphatic rings. The molecule has 0 aliphatic carbocycles. The van der Waals surface area contributed by atoms with E-state index in [4.69, 9.17) is 11.6 Å². The molecule has 3 N–H and O–H groups in total. The Morgan fingerprint density at radius 3 is 2.72 bits per heavy atom. The lowest BCUT2D eigenvalue weighted by molar-refractivity contribution is 0.262. The summed E-state index contributed by atoms with van der Waals surface area (Å²) in [6, 6.07) is 5.00. The zero-order chi connectivity index (χ0) is 13.1. The van der Waals surface area contributed by atoms with Crippen molar-refractivity contribution in [1.82, 2.24) is 10.2 Å². The highest BCUT2D eigenvalue weighted by Crippen LogP contribution is 2.24. The van der Waals surface area contributed by atoms with E-state index in [2.05, 4.69) is 20.8 Å². The van der Waals surface area contributed by atoms with Gasteiger partial charge in [-0.3, -0.25) is 10.4 Å². The van der Waals surface area contributed by atoms with E-state index in [1.165, 1.54) is 0 Å². The Morgan fingerprint density at radius 1 is 1.28 bits per heavy atom. The minimum absolute atomic E-state index is 0.330. The van der Waals surface area contributed by atoms with Crippen LogP contribution in [0.25, 0.3) is 0 Å². The van der Waals surface area contributed by atoms with Gasteiger partial charge in [-0.05, 0) is 37.1 Å². The van der Waals surface area contributed by atoms with Crippen LogP contribution in [-0.2, 0) is 0 Å². The molecular weight excluding hydrogens is 252 g/mol. The van der Waals surface area contributed by atoms with Crippen LogP contribution in [0, 0.1) is 13.8 Å². The van der Waals surface area contributed by atoms with Crippen LogP contribution in [0.15, 0.2) is 24.4 Å². The van der Waals surface area contributed by atoms with E-state index in [9.17, 15) is 4.79 Å². The van der Waals surface area contributed by atoms with Gasteiger partial charge in [-0.25, -0.2) is 4.79 Å². The molecule has 0 saturated carbocycles. The molecular formula is C12H13ClN4O. The predicted octanol–water partition coefficient (Wildman–Crippen LogP) is 3.32. The van der Waals surface area contributed by atoms with Crippen molar-refractivity contribution in [1.29, 1.82) is 0 Å². The first-order valence-electron chi connectivity index (χ1n) is 5.40. The SMILES string of the molecule is Cc1cc(NC(=O)Nc2ccn[nH]2)c(C)cc1Cl. The van der Waals surface area contributed by atoms with E-state index in [1.807, 2.05) is 26.0 Å². The Balaban J connectivity index is 2.09. The fraction of sp³-hybridized carbons (Fsp3) is 0.167. The van der Waals surface area contributed by atoms with Crippen LogP contribution < -0.4 is 10.6 Å². The van der Waals surface area contributed by atoms with Crippen LogP contribution in [0.5, 0.6) is 0 Å². The lowest BCUT2D eigenvalue weighted by Gasteiger charge is -2.10. The topological polar surface area (TPSA) is 69.8 Å². The zero-order valence-corrected chi connectivity index (χ0v) is 10.8. The number of aryl methyl sites for hydroxylation is 2. The van der Waals surface area contributed by atoms with Crippen molar-refractivity contribution in [2.45, 2.75) is 13.8 Å². The molecule has 1 aromatic carbocycles. The summed E-state index contributed by atoms with van der Waals surface area (Å²) in [7, 11) is 0. The minimum Gasteiger partial charge on any atom is -0.307 e. The molecule has 2 amide bonds. The molecule has 6 heteroatoms. The Morgan fingerprint density at radius 2 is 2.06 bits per heavy atom. The van der Waals surface area contributed by atoms with E-state index < -0.39 is 0 Å². The number of rotatable bonds is 2. The van der Waals surface area contributed by atoms with Crippen molar-refractivity contribution in [2.24, 2.45) is 0 Å². The first kappa shape index (κ1) is 12.4. The molecule has 0 spiro atoms. The second kappa shape index (κ2) is 5.10. The highest BCUT2D eigenvalue weighted by atomic mass is 35.5. The molecule has 94 valence electrons. The Bertz CT molecular complexity index is 566. The van der Waals surface area contributed by atoms with E-state index in [-0.39, 0.29) is 6.03 Å². The maximum absolute atomic E-state index is 11.7. The summed E-state index contributed by atoms with van der Waals surface area (Å²) < 4.78 is 0. The molecule has 2 rings (SSSR count). The minimum atomic E-state index is -0.330. The van der Waals surface area contributed by atoms with Gasteiger partial charge in [0, 0.05) is 16.8 Å². The molecule has 0 unspecified atom stereocenters. The van der Waals surface area contributed by atoms with Crippen LogP contribution in [0.2, 0.25) is 5.02 Å². The normalized spacial score (nSPS) is 10.2. The number of carbonyl (C=O) groups is 1. The van der Waals surface area contributed by atoms with Gasteiger partial charge >= 0.3 is 6.03 Å². The van der Waals surface area contributed by atoms with Gasteiger partial charge < -0.3 is 5.32 Å².